The van der Waals surface area contributed by atoms with Gasteiger partial charge < -0.3 is 10.8 Å². The van der Waals surface area contributed by atoms with E-state index in [0.717, 1.165) is 15.6 Å². The van der Waals surface area contributed by atoms with E-state index < -0.39 is 0 Å². The molecular formula is C8H10BrNO. The van der Waals surface area contributed by atoms with Crippen LogP contribution in [-0.4, -0.2) is 5.11 Å². The molecule has 0 saturated heterocycles. The quantitative estimate of drug-likeness (QED) is 0.784. The number of rotatable bonds is 2. The summed E-state index contributed by atoms with van der Waals surface area (Å²) in [6.07, 6.45) is 0. The van der Waals surface area contributed by atoms with E-state index in [1.54, 1.807) is 0 Å². The Morgan fingerprint density at radius 2 is 2.09 bits per heavy atom. The van der Waals surface area contributed by atoms with E-state index in [0.29, 0.717) is 6.54 Å². The molecule has 1 aromatic rings. The van der Waals surface area contributed by atoms with Crippen molar-refractivity contribution < 1.29 is 5.11 Å². The van der Waals surface area contributed by atoms with Crippen molar-refractivity contribution in [1.82, 2.24) is 0 Å². The van der Waals surface area contributed by atoms with Gasteiger partial charge in [0.1, 0.15) is 0 Å². The maximum absolute atomic E-state index is 8.90. The second-order valence-corrected chi connectivity index (χ2v) is 3.19. The molecular weight excluding hydrogens is 206 g/mol. The Kier molecular flexibility index (Phi) is 3.05. The first-order chi connectivity index (χ1) is 5.27. The third kappa shape index (κ3) is 2.02. The SMILES string of the molecule is NCc1ccc(Br)cc1CO. The van der Waals surface area contributed by atoms with E-state index >= 15 is 0 Å². The zero-order valence-electron chi connectivity index (χ0n) is 6.05. The van der Waals surface area contributed by atoms with Gasteiger partial charge in [0, 0.05) is 11.0 Å². The summed E-state index contributed by atoms with van der Waals surface area (Å²) in [6, 6.07) is 5.71. The molecule has 0 atom stereocenters. The van der Waals surface area contributed by atoms with Gasteiger partial charge in [-0.3, -0.25) is 0 Å². The van der Waals surface area contributed by atoms with Crippen molar-refractivity contribution in [1.29, 1.82) is 0 Å². The molecule has 0 amide bonds. The van der Waals surface area contributed by atoms with Crippen LogP contribution < -0.4 is 5.73 Å². The molecule has 1 rings (SSSR count). The molecule has 60 valence electrons. The van der Waals surface area contributed by atoms with Gasteiger partial charge in [0.2, 0.25) is 0 Å². The van der Waals surface area contributed by atoms with E-state index in [2.05, 4.69) is 15.9 Å². The fourth-order valence-electron chi connectivity index (χ4n) is 0.941. The fourth-order valence-corrected chi connectivity index (χ4v) is 1.35. The van der Waals surface area contributed by atoms with Crippen molar-refractivity contribution in [2.45, 2.75) is 13.2 Å². The standard InChI is InChI=1S/C8H10BrNO/c9-8-2-1-6(4-10)7(3-8)5-11/h1-3,11H,4-5,10H2. The average molecular weight is 216 g/mol. The van der Waals surface area contributed by atoms with Crippen LogP contribution in [0.15, 0.2) is 22.7 Å². The monoisotopic (exact) mass is 215 g/mol. The van der Waals surface area contributed by atoms with E-state index in [-0.39, 0.29) is 6.61 Å². The van der Waals surface area contributed by atoms with Crippen molar-refractivity contribution >= 4 is 15.9 Å². The lowest BCUT2D eigenvalue weighted by molar-refractivity contribution is 0.280. The summed E-state index contributed by atoms with van der Waals surface area (Å²) < 4.78 is 0.971. The Balaban J connectivity index is 3.06. The molecule has 0 radical (unpaired) electrons. The molecule has 0 saturated carbocycles. The maximum atomic E-state index is 8.90. The average Bonchev–Trinajstić information content (AvgIpc) is 2.04. The van der Waals surface area contributed by atoms with Crippen LogP contribution in [0.2, 0.25) is 0 Å². The molecule has 0 aliphatic heterocycles. The number of hydrogen-bond acceptors (Lipinski definition) is 2. The summed E-state index contributed by atoms with van der Waals surface area (Å²) in [5.74, 6) is 0. The molecule has 3 heteroatoms. The first-order valence-electron chi connectivity index (χ1n) is 3.36. The van der Waals surface area contributed by atoms with Crippen LogP contribution in [0.1, 0.15) is 11.1 Å². The summed E-state index contributed by atoms with van der Waals surface area (Å²) in [5.41, 5.74) is 7.34. The highest BCUT2D eigenvalue weighted by molar-refractivity contribution is 9.10. The zero-order valence-corrected chi connectivity index (χ0v) is 7.63. The molecule has 0 aliphatic carbocycles. The van der Waals surface area contributed by atoms with Gasteiger partial charge >= 0.3 is 0 Å². The number of aliphatic hydroxyl groups excluding tert-OH is 1. The van der Waals surface area contributed by atoms with Gasteiger partial charge in [-0.2, -0.15) is 0 Å². The molecule has 0 aromatic heterocycles. The van der Waals surface area contributed by atoms with Crippen LogP contribution in [0, 0.1) is 0 Å². The molecule has 0 fully saturated rings. The maximum Gasteiger partial charge on any atom is 0.0685 e. The highest BCUT2D eigenvalue weighted by Gasteiger charge is 1.98. The number of hydrogen-bond donors (Lipinski definition) is 2. The molecule has 3 N–H and O–H groups in total. The van der Waals surface area contributed by atoms with Gasteiger partial charge in [0.05, 0.1) is 6.61 Å². The van der Waals surface area contributed by atoms with Crippen LogP contribution in [0.3, 0.4) is 0 Å². The second kappa shape index (κ2) is 3.85. The third-order valence-electron chi connectivity index (χ3n) is 1.56. The molecule has 0 unspecified atom stereocenters. The number of benzene rings is 1. The fraction of sp³-hybridized carbons (Fsp3) is 0.250. The largest absolute Gasteiger partial charge is 0.392 e. The summed E-state index contributed by atoms with van der Waals surface area (Å²) >= 11 is 3.31. The molecule has 2 nitrogen and oxygen atoms in total. The lowest BCUT2D eigenvalue weighted by Crippen LogP contribution is -2.01. The Morgan fingerprint density at radius 3 is 2.64 bits per heavy atom. The Morgan fingerprint density at radius 1 is 1.36 bits per heavy atom. The van der Waals surface area contributed by atoms with Crippen LogP contribution in [0.4, 0.5) is 0 Å². The molecule has 0 spiro atoms. The predicted molar refractivity (Wildman–Crippen MR) is 48.0 cm³/mol. The predicted octanol–water partition coefficient (Wildman–Crippen LogP) is 1.40. The zero-order chi connectivity index (χ0) is 8.27. The van der Waals surface area contributed by atoms with E-state index in [4.69, 9.17) is 10.8 Å². The summed E-state index contributed by atoms with van der Waals surface area (Å²) in [7, 11) is 0. The van der Waals surface area contributed by atoms with Crippen LogP contribution in [0.5, 0.6) is 0 Å². The Hall–Kier alpha value is -0.380. The normalized spacial score (nSPS) is 10.1. The van der Waals surface area contributed by atoms with Gasteiger partial charge in [0.15, 0.2) is 0 Å². The van der Waals surface area contributed by atoms with Gasteiger partial charge in [-0.15, -0.1) is 0 Å². The third-order valence-corrected chi connectivity index (χ3v) is 2.05. The van der Waals surface area contributed by atoms with Gasteiger partial charge in [0.25, 0.3) is 0 Å². The Bertz CT molecular complexity index is 250. The highest BCUT2D eigenvalue weighted by atomic mass is 79.9. The molecule has 0 heterocycles. The van der Waals surface area contributed by atoms with Gasteiger partial charge in [-0.1, -0.05) is 22.0 Å². The topological polar surface area (TPSA) is 46.2 Å². The molecule has 1 aromatic carbocycles. The molecule has 0 aliphatic rings. The lowest BCUT2D eigenvalue weighted by atomic mass is 10.1. The Labute approximate surface area is 74.2 Å². The van der Waals surface area contributed by atoms with Crippen LogP contribution >= 0.6 is 15.9 Å². The van der Waals surface area contributed by atoms with Gasteiger partial charge in [-0.25, -0.2) is 0 Å². The van der Waals surface area contributed by atoms with Gasteiger partial charge in [-0.05, 0) is 23.3 Å². The first kappa shape index (κ1) is 8.71. The van der Waals surface area contributed by atoms with Crippen molar-refractivity contribution in [2.75, 3.05) is 0 Å². The van der Waals surface area contributed by atoms with Crippen molar-refractivity contribution in [2.24, 2.45) is 5.73 Å². The van der Waals surface area contributed by atoms with Crippen molar-refractivity contribution in [3.8, 4) is 0 Å². The summed E-state index contributed by atoms with van der Waals surface area (Å²) in [6.45, 7) is 0.523. The number of aliphatic hydroxyl groups is 1. The van der Waals surface area contributed by atoms with E-state index in [1.807, 2.05) is 18.2 Å². The number of halogens is 1. The minimum absolute atomic E-state index is 0.0476. The number of nitrogens with two attached hydrogens (primary N) is 1. The second-order valence-electron chi connectivity index (χ2n) is 2.28. The minimum Gasteiger partial charge on any atom is -0.392 e. The lowest BCUT2D eigenvalue weighted by Gasteiger charge is -2.04. The molecule has 11 heavy (non-hydrogen) atoms. The summed E-state index contributed by atoms with van der Waals surface area (Å²) in [5, 5.41) is 8.90. The van der Waals surface area contributed by atoms with Crippen LogP contribution in [-0.2, 0) is 13.2 Å². The smallest absolute Gasteiger partial charge is 0.0685 e. The molecule has 0 bridgehead atoms. The first-order valence-corrected chi connectivity index (χ1v) is 4.15. The van der Waals surface area contributed by atoms with E-state index in [9.17, 15) is 0 Å². The highest BCUT2D eigenvalue weighted by Crippen LogP contribution is 2.16. The summed E-state index contributed by atoms with van der Waals surface area (Å²) in [4.78, 5) is 0. The van der Waals surface area contributed by atoms with Crippen molar-refractivity contribution in [3.05, 3.63) is 33.8 Å². The van der Waals surface area contributed by atoms with E-state index in [1.165, 1.54) is 0 Å². The van der Waals surface area contributed by atoms with Crippen LogP contribution in [0.25, 0.3) is 0 Å². The van der Waals surface area contributed by atoms with Crippen molar-refractivity contribution in [3.63, 3.8) is 0 Å². The minimum atomic E-state index is 0.0476.